The molecule has 0 aliphatic carbocycles. The summed E-state index contributed by atoms with van der Waals surface area (Å²) in [4.78, 5) is 191. The predicted octanol–water partition coefficient (Wildman–Crippen LogP) is 5.31. The molecule has 710 valence electrons. The highest BCUT2D eigenvalue weighted by molar-refractivity contribution is 5.96. The van der Waals surface area contributed by atoms with Crippen LogP contribution in [-0.2, 0) is 168 Å². The fourth-order valence-corrected chi connectivity index (χ4v) is 11.3. The van der Waals surface area contributed by atoms with Crippen molar-refractivity contribution in [1.29, 1.82) is 0 Å². The molecule has 0 aliphatic rings. The number of hydrogen-bond acceptors (Lipinski definition) is 28. The summed E-state index contributed by atoms with van der Waals surface area (Å²) in [6, 6.07) is 47.1. The molecule has 0 fully saturated rings. The van der Waals surface area contributed by atoms with Crippen LogP contribution in [0, 0.1) is 0 Å². The normalized spacial score (nSPS) is 11.9. The Morgan fingerprint density at radius 1 is 0.282 bits per heavy atom. The van der Waals surface area contributed by atoms with Crippen LogP contribution >= 0.6 is 0 Å². The summed E-state index contributed by atoms with van der Waals surface area (Å²) in [5.74, 6) is -9.27. The van der Waals surface area contributed by atoms with E-state index in [4.69, 9.17) is 62.4 Å². The Labute approximate surface area is 760 Å². The highest BCUT2D eigenvalue weighted by Crippen LogP contribution is 2.14. The lowest BCUT2D eigenvalue weighted by molar-refractivity contribution is -0.149. The lowest BCUT2D eigenvalue weighted by atomic mass is 10.1. The number of rotatable bonds is 61. The summed E-state index contributed by atoms with van der Waals surface area (Å²) in [6.07, 6.45) is -1.88. The maximum Gasteiger partial charge on any atom is 0.308 e. The largest absolute Gasteiger partial charge is 0.461 e. The zero-order valence-corrected chi connectivity index (χ0v) is 74.4. The van der Waals surface area contributed by atoms with Gasteiger partial charge in [0.2, 0.25) is 53.2 Å². The van der Waals surface area contributed by atoms with Gasteiger partial charge in [-0.1, -0.05) is 187 Å². The number of carbonyl (C=O) groups excluding carboxylic acids is 15. The first kappa shape index (κ1) is 110. The first-order valence-corrected chi connectivity index (χ1v) is 42.4. The van der Waals surface area contributed by atoms with Gasteiger partial charge in [-0.3, -0.25) is 71.9 Å². The molecular weight excluding hydrogens is 1710 g/mol. The van der Waals surface area contributed by atoms with Crippen molar-refractivity contribution >= 4 is 89.0 Å². The van der Waals surface area contributed by atoms with E-state index in [0.29, 0.717) is 26.4 Å². The predicted molar refractivity (Wildman–Crippen MR) is 472 cm³/mol. The monoisotopic (exact) mass is 1820 g/mol. The maximum atomic E-state index is 13.2. The van der Waals surface area contributed by atoms with Crippen molar-refractivity contribution in [3.05, 3.63) is 226 Å². The van der Waals surface area contributed by atoms with Crippen LogP contribution in [0.3, 0.4) is 0 Å². The number of hydrogen-bond donors (Lipinski definition) is 9. The van der Waals surface area contributed by atoms with Crippen LogP contribution in [-0.4, -0.2) is 232 Å². The number of nitrogens with one attached hydrogen (secondary N) is 9. The molecule has 0 aliphatic heterocycles. The molecular formula is C92H120N12O27. The minimum atomic E-state index is -1.35. The molecule has 0 saturated heterocycles. The van der Waals surface area contributed by atoms with E-state index in [1.54, 1.807) is 79.9 Å². The van der Waals surface area contributed by atoms with Crippen molar-refractivity contribution in [2.45, 2.75) is 161 Å². The highest BCUT2D eigenvalue weighted by atomic mass is 16.6. The second-order valence-electron chi connectivity index (χ2n) is 28.6. The molecule has 6 atom stereocenters. The van der Waals surface area contributed by atoms with Crippen molar-refractivity contribution in [2.75, 3.05) is 106 Å². The molecule has 6 rings (SSSR count). The van der Waals surface area contributed by atoms with E-state index in [1.165, 1.54) is 27.9 Å². The van der Waals surface area contributed by atoms with E-state index in [2.05, 4.69) is 57.9 Å². The number of benzene rings is 6. The Bertz CT molecular complexity index is 4450. The zero-order valence-electron chi connectivity index (χ0n) is 74.4. The van der Waals surface area contributed by atoms with Crippen molar-refractivity contribution < 1.29 is 129 Å². The summed E-state index contributed by atoms with van der Waals surface area (Å²) in [5, 5.41) is 26.4. The topological polar surface area (TPSA) is 524 Å². The smallest absolute Gasteiger partial charge is 0.308 e. The number of ether oxygens (including phenoxy) is 12. The molecule has 0 unspecified atom stereocenters. The SMILES string of the molecule is CC(=O)N[C@@H](CCC(=O)OCc1ccccc1)C(=O)N[C@H](CCC(=O)OCc1ccccc1)C(=O)NCCOCCOCCN=[N+]=[N-].COCCOCCNC(=O)[C@@H](CC(=O)OCc1ccccc1)NC(=O)[C@H](CC(=O)OCc1ccccc1)NC(C)=O.COCCOCCNC(=O)[C@@H](CCC(=O)OCc1ccccc1)NC(=O)[C@H](CCC(=O)OCc1ccccc1)NC(C)=O. The van der Waals surface area contributed by atoms with Crippen LogP contribution < -0.4 is 47.9 Å². The highest BCUT2D eigenvalue weighted by Gasteiger charge is 2.33. The fraction of sp³-hybridized carbons (Fsp3) is 0.446. The number of nitrogens with zero attached hydrogens (tertiary/aromatic N) is 3. The number of esters is 6. The van der Waals surface area contributed by atoms with Gasteiger partial charge in [-0.2, -0.15) is 0 Å². The van der Waals surface area contributed by atoms with E-state index < -0.39 is 138 Å². The fourth-order valence-electron chi connectivity index (χ4n) is 11.3. The van der Waals surface area contributed by atoms with Gasteiger partial charge in [-0.15, -0.1) is 0 Å². The van der Waals surface area contributed by atoms with Gasteiger partial charge < -0.3 is 105 Å². The van der Waals surface area contributed by atoms with Crippen LogP contribution in [0.5, 0.6) is 0 Å². The minimum Gasteiger partial charge on any atom is -0.461 e. The van der Waals surface area contributed by atoms with E-state index in [9.17, 15) is 71.9 Å². The Hall–Kier alpha value is -13.6. The summed E-state index contributed by atoms with van der Waals surface area (Å²) in [7, 11) is 3.08. The molecule has 6 aromatic rings. The molecule has 39 nitrogen and oxygen atoms in total. The van der Waals surface area contributed by atoms with Crippen molar-refractivity contribution in [1.82, 2.24) is 47.9 Å². The number of amides is 9. The van der Waals surface area contributed by atoms with Crippen molar-refractivity contribution in [3.8, 4) is 0 Å². The summed E-state index contributed by atoms with van der Waals surface area (Å²) < 4.78 is 62.7. The van der Waals surface area contributed by atoms with Crippen LogP contribution in [0.2, 0.25) is 0 Å². The Morgan fingerprint density at radius 2 is 0.504 bits per heavy atom. The molecule has 131 heavy (non-hydrogen) atoms. The van der Waals surface area contributed by atoms with Gasteiger partial charge in [-0.05, 0) is 64.6 Å². The second-order valence-corrected chi connectivity index (χ2v) is 28.6. The van der Waals surface area contributed by atoms with E-state index in [-0.39, 0.29) is 157 Å². The number of carbonyl (C=O) groups is 15. The summed E-state index contributed by atoms with van der Waals surface area (Å²) in [5.41, 5.74) is 13.0. The Morgan fingerprint density at radius 3 is 0.771 bits per heavy atom. The molecule has 39 heteroatoms. The van der Waals surface area contributed by atoms with Gasteiger partial charge in [0.1, 0.15) is 75.9 Å². The lowest BCUT2D eigenvalue weighted by Gasteiger charge is -2.23. The van der Waals surface area contributed by atoms with Gasteiger partial charge in [0.15, 0.2) is 0 Å². The molecule has 9 N–H and O–H groups in total. The first-order chi connectivity index (χ1) is 63.3. The summed E-state index contributed by atoms with van der Waals surface area (Å²) >= 11 is 0. The average Bonchev–Trinajstić information content (AvgIpc) is 0.922. The minimum absolute atomic E-state index is 0.0151. The molecule has 0 spiro atoms. The van der Waals surface area contributed by atoms with Gasteiger partial charge in [0.05, 0.1) is 78.9 Å². The van der Waals surface area contributed by atoms with Gasteiger partial charge in [0.25, 0.3) is 0 Å². The van der Waals surface area contributed by atoms with E-state index >= 15 is 0 Å². The molecule has 0 aromatic heterocycles. The molecule has 6 aromatic carbocycles. The summed E-state index contributed by atoms with van der Waals surface area (Å²) in [6.45, 7) is 7.25. The van der Waals surface area contributed by atoms with Crippen LogP contribution in [0.4, 0.5) is 0 Å². The zero-order chi connectivity index (χ0) is 95.3. The van der Waals surface area contributed by atoms with Crippen LogP contribution in [0.1, 0.15) is 118 Å². The van der Waals surface area contributed by atoms with Crippen molar-refractivity contribution in [3.63, 3.8) is 0 Å². The number of azide groups is 1. The molecule has 0 radical (unpaired) electrons. The third-order valence-corrected chi connectivity index (χ3v) is 18.0. The standard InChI is InChI=1S/C32H42N6O9.C31H41N3O9.C29H37N3O9/c1-24(39)36-28(13-15-30(41)47-23-26-10-6-3-7-11-26)32(43)37-27(12-14-29(40)46-22-25-8-4-2-5-9-25)31(42)34-16-18-44-20-21-45-19-17-35-38-33;1-23(35)33-27(14-16-29(37)43-22-25-11-7-4-8-12-25)31(39)34-26(30(38)32-17-18-41-20-19-40-2)13-15-28(36)42-21-24-9-5-3-6-10-24;1-21(33)31-25(18-27(35)41-20-23-11-7-4-8-12-23)29(37)32-24(28(36)30-13-14-39-16-15-38-2)17-26(34)40-19-22-9-5-3-6-10-22/h2-11,27-28H,12-23H2,1H3,(H,34,42)(H,36,39)(H,37,43);3-12,26-27H,13-22H2,1-2H3,(H,32,38)(H,33,35)(H,34,39);3-12,24-25H,13-20H2,1-2H3,(H,30,36)(H,31,33)(H,32,37)/t27-,28+;26-,27+;24-,25+/m111/s1. The van der Waals surface area contributed by atoms with Gasteiger partial charge in [-0.25, -0.2) is 0 Å². The third-order valence-electron chi connectivity index (χ3n) is 18.0. The Balaban J connectivity index is 0.000000412. The first-order valence-electron chi connectivity index (χ1n) is 42.4. The van der Waals surface area contributed by atoms with Gasteiger partial charge in [0, 0.05) is 91.8 Å². The average molecular weight is 1830 g/mol. The molecule has 9 amide bonds. The van der Waals surface area contributed by atoms with Crippen LogP contribution in [0.15, 0.2) is 187 Å². The maximum absolute atomic E-state index is 13.2. The molecule has 0 heterocycles. The molecule has 0 saturated carbocycles. The Kier molecular flexibility index (Phi) is 57.5. The lowest BCUT2D eigenvalue weighted by Crippen LogP contribution is -2.55. The van der Waals surface area contributed by atoms with E-state index in [1.807, 2.05) is 109 Å². The van der Waals surface area contributed by atoms with Gasteiger partial charge >= 0.3 is 35.8 Å². The number of methoxy groups -OCH3 is 2. The van der Waals surface area contributed by atoms with Crippen molar-refractivity contribution in [2.24, 2.45) is 5.11 Å². The van der Waals surface area contributed by atoms with Crippen LogP contribution in [0.25, 0.3) is 10.4 Å². The third kappa shape index (κ3) is 53.7. The van der Waals surface area contributed by atoms with E-state index in [0.717, 1.165) is 33.4 Å². The molecule has 0 bridgehead atoms. The second kappa shape index (κ2) is 68.6. The quantitative estimate of drug-likeness (QED) is 0.00583.